The number of nitrogens with one attached hydrogen (secondary N) is 2. The molecule has 38 heavy (non-hydrogen) atoms. The number of anilines is 3. The van der Waals surface area contributed by atoms with Gasteiger partial charge in [0.15, 0.2) is 5.83 Å². The van der Waals surface area contributed by atoms with Crippen LogP contribution in [0.1, 0.15) is 6.42 Å². The van der Waals surface area contributed by atoms with Gasteiger partial charge in [-0.3, -0.25) is 9.69 Å². The lowest BCUT2D eigenvalue weighted by Gasteiger charge is -2.25. The number of nitrogens with zero attached hydrogens (tertiary/aromatic N) is 3. The van der Waals surface area contributed by atoms with Gasteiger partial charge in [0.1, 0.15) is 29.8 Å². The maximum Gasteiger partial charge on any atom is 0.284 e. The smallest absolute Gasteiger partial charge is 0.284 e. The van der Waals surface area contributed by atoms with Crippen molar-refractivity contribution in [3.8, 4) is 5.75 Å². The molecule has 1 amide bonds. The van der Waals surface area contributed by atoms with Crippen LogP contribution in [0.2, 0.25) is 5.02 Å². The molecule has 0 aliphatic carbocycles. The number of amides is 1. The molecule has 200 valence electrons. The van der Waals surface area contributed by atoms with E-state index in [1.54, 1.807) is 12.1 Å². The average Bonchev–Trinajstić information content (AvgIpc) is 3.44. The van der Waals surface area contributed by atoms with Crippen LogP contribution in [0.3, 0.4) is 0 Å². The number of carbonyl (C=O) groups excluding carboxylic acids is 1. The van der Waals surface area contributed by atoms with Crippen molar-refractivity contribution in [3.63, 3.8) is 0 Å². The first-order valence-corrected chi connectivity index (χ1v) is 12.6. The molecule has 1 atom stereocenters. The number of ether oxygens (including phenoxy) is 3. The topological polar surface area (TPSA) is 97.8 Å². The third-order valence-corrected chi connectivity index (χ3v) is 6.49. The Kier molecular flexibility index (Phi) is 8.28. The van der Waals surface area contributed by atoms with E-state index >= 15 is 0 Å². The summed E-state index contributed by atoms with van der Waals surface area (Å²) in [6, 6.07) is 7.45. The molecular formula is C26H26ClF2N5O4. The van der Waals surface area contributed by atoms with Gasteiger partial charge in [-0.05, 0) is 30.3 Å². The molecule has 2 aliphatic rings. The second-order valence-corrected chi connectivity index (χ2v) is 9.27. The summed E-state index contributed by atoms with van der Waals surface area (Å²) in [6.45, 7) is 3.76. The molecule has 9 nitrogen and oxygen atoms in total. The molecule has 0 radical (unpaired) electrons. The fraction of sp³-hybridized carbons (Fsp3) is 0.346. The second-order valence-electron chi connectivity index (χ2n) is 8.86. The predicted octanol–water partition coefficient (Wildman–Crippen LogP) is 4.46. The SMILES string of the molecule is O=C(Nc1cc2c(Nc3ccc(F)c(Cl)c3)ncnc2cc1O[C@H]1CCOC1)/C(F)=C\CN1CCOCC1. The van der Waals surface area contributed by atoms with E-state index in [1.807, 2.05) is 4.90 Å². The molecule has 2 N–H and O–H groups in total. The number of morpholine rings is 1. The van der Waals surface area contributed by atoms with Crippen molar-refractivity contribution in [1.29, 1.82) is 0 Å². The lowest BCUT2D eigenvalue weighted by Crippen LogP contribution is -2.36. The minimum Gasteiger partial charge on any atom is -0.486 e. The van der Waals surface area contributed by atoms with Crippen molar-refractivity contribution in [2.24, 2.45) is 0 Å². The minimum absolute atomic E-state index is 0.0462. The summed E-state index contributed by atoms with van der Waals surface area (Å²) < 4.78 is 45.2. The Bertz CT molecular complexity index is 1350. The van der Waals surface area contributed by atoms with E-state index in [4.69, 9.17) is 25.8 Å². The van der Waals surface area contributed by atoms with Crippen LogP contribution >= 0.6 is 11.6 Å². The number of hydrogen-bond donors (Lipinski definition) is 2. The largest absolute Gasteiger partial charge is 0.486 e. The number of benzene rings is 2. The summed E-state index contributed by atoms with van der Waals surface area (Å²) in [5.74, 6) is -1.64. The van der Waals surface area contributed by atoms with Crippen molar-refractivity contribution in [2.75, 3.05) is 56.7 Å². The van der Waals surface area contributed by atoms with Gasteiger partial charge < -0.3 is 24.8 Å². The molecule has 3 heterocycles. The first-order chi connectivity index (χ1) is 18.5. The van der Waals surface area contributed by atoms with Crippen LogP contribution in [0.15, 0.2) is 48.6 Å². The Hall–Kier alpha value is -3.38. The van der Waals surface area contributed by atoms with Gasteiger partial charge in [-0.15, -0.1) is 0 Å². The Morgan fingerprint density at radius 2 is 2.03 bits per heavy atom. The van der Waals surface area contributed by atoms with Gasteiger partial charge in [-0.1, -0.05) is 11.6 Å². The van der Waals surface area contributed by atoms with Crippen LogP contribution in [-0.2, 0) is 14.3 Å². The first kappa shape index (κ1) is 26.2. The van der Waals surface area contributed by atoms with Crippen molar-refractivity contribution >= 4 is 45.6 Å². The predicted molar refractivity (Wildman–Crippen MR) is 139 cm³/mol. The van der Waals surface area contributed by atoms with Crippen LogP contribution in [-0.4, -0.2) is 72.9 Å². The van der Waals surface area contributed by atoms with Crippen molar-refractivity contribution in [3.05, 3.63) is 59.4 Å². The van der Waals surface area contributed by atoms with E-state index in [1.165, 1.54) is 30.6 Å². The van der Waals surface area contributed by atoms with Crippen LogP contribution in [0.5, 0.6) is 5.75 Å². The molecule has 3 aromatic rings. The standard InChI is InChI=1S/C26H26ClF2N5O4/c27-19-11-16(1-2-20(19)28)32-25-18-12-23(33-26(35)21(29)3-5-34-6-9-36-10-7-34)24(13-22(18)30-15-31-25)38-17-4-8-37-14-17/h1-3,11-13,15,17H,4-10,14H2,(H,33,35)(H,30,31,32)/b21-3+/t17-/m0/s1. The third-order valence-electron chi connectivity index (χ3n) is 6.20. The highest BCUT2D eigenvalue weighted by Crippen LogP contribution is 2.35. The summed E-state index contributed by atoms with van der Waals surface area (Å²) in [5.41, 5.74) is 1.27. The van der Waals surface area contributed by atoms with Gasteiger partial charge in [0, 0.05) is 43.2 Å². The summed E-state index contributed by atoms with van der Waals surface area (Å²) in [7, 11) is 0. The van der Waals surface area contributed by atoms with E-state index in [9.17, 15) is 13.6 Å². The van der Waals surface area contributed by atoms with Crippen LogP contribution < -0.4 is 15.4 Å². The van der Waals surface area contributed by atoms with E-state index < -0.39 is 17.6 Å². The lowest BCUT2D eigenvalue weighted by atomic mass is 10.1. The maximum atomic E-state index is 14.8. The maximum absolute atomic E-state index is 14.8. The van der Waals surface area contributed by atoms with E-state index in [2.05, 4.69) is 20.6 Å². The van der Waals surface area contributed by atoms with Crippen LogP contribution in [0.4, 0.5) is 26.0 Å². The average molecular weight is 546 g/mol. The molecule has 2 aliphatic heterocycles. The summed E-state index contributed by atoms with van der Waals surface area (Å²) >= 11 is 5.92. The van der Waals surface area contributed by atoms with Crippen molar-refractivity contribution < 1.29 is 27.8 Å². The molecular weight excluding hydrogens is 520 g/mol. The molecule has 2 fully saturated rings. The number of carbonyl (C=O) groups is 1. The van der Waals surface area contributed by atoms with Gasteiger partial charge >= 0.3 is 0 Å². The van der Waals surface area contributed by atoms with Gasteiger partial charge in [-0.25, -0.2) is 18.7 Å². The molecule has 12 heteroatoms. The molecule has 0 spiro atoms. The minimum atomic E-state index is -0.907. The van der Waals surface area contributed by atoms with Gasteiger partial charge in [-0.2, -0.15) is 0 Å². The van der Waals surface area contributed by atoms with Crippen molar-refractivity contribution in [2.45, 2.75) is 12.5 Å². The highest BCUT2D eigenvalue weighted by molar-refractivity contribution is 6.31. The fourth-order valence-corrected chi connectivity index (χ4v) is 4.32. The van der Waals surface area contributed by atoms with E-state index in [-0.39, 0.29) is 16.8 Å². The van der Waals surface area contributed by atoms with E-state index in [0.29, 0.717) is 80.6 Å². The lowest BCUT2D eigenvalue weighted by molar-refractivity contribution is -0.114. The van der Waals surface area contributed by atoms with Gasteiger partial charge in [0.2, 0.25) is 0 Å². The second kappa shape index (κ2) is 12.0. The number of rotatable bonds is 8. The summed E-state index contributed by atoms with van der Waals surface area (Å²) in [6.07, 6.45) is 3.08. The number of hydrogen-bond acceptors (Lipinski definition) is 8. The number of halogens is 3. The van der Waals surface area contributed by atoms with Gasteiger partial charge in [0.05, 0.1) is 42.7 Å². The summed E-state index contributed by atoms with van der Waals surface area (Å²) in [5, 5.41) is 6.19. The molecule has 2 aromatic carbocycles. The molecule has 0 bridgehead atoms. The van der Waals surface area contributed by atoms with Crippen LogP contribution in [0.25, 0.3) is 10.9 Å². The summed E-state index contributed by atoms with van der Waals surface area (Å²) in [4.78, 5) is 23.4. The number of aromatic nitrogens is 2. The Labute approximate surface area is 222 Å². The third kappa shape index (κ3) is 6.36. The molecule has 0 unspecified atom stereocenters. The molecule has 1 aromatic heterocycles. The molecule has 0 saturated carbocycles. The molecule has 2 saturated heterocycles. The highest BCUT2D eigenvalue weighted by Gasteiger charge is 2.22. The molecule has 5 rings (SSSR count). The Balaban J connectivity index is 1.43. The zero-order chi connectivity index (χ0) is 26.5. The highest BCUT2D eigenvalue weighted by atomic mass is 35.5. The van der Waals surface area contributed by atoms with Gasteiger partial charge in [0.25, 0.3) is 5.91 Å². The zero-order valence-electron chi connectivity index (χ0n) is 20.4. The van der Waals surface area contributed by atoms with E-state index in [0.717, 1.165) is 0 Å². The first-order valence-electron chi connectivity index (χ1n) is 12.2. The Morgan fingerprint density at radius 3 is 2.79 bits per heavy atom. The normalized spacial score (nSPS) is 18.5. The number of fused-ring (bicyclic) bond motifs is 1. The quantitative estimate of drug-likeness (QED) is 0.401. The fourth-order valence-electron chi connectivity index (χ4n) is 4.14. The van der Waals surface area contributed by atoms with Crippen LogP contribution in [0, 0.1) is 5.82 Å². The zero-order valence-corrected chi connectivity index (χ0v) is 21.1. The van der Waals surface area contributed by atoms with Crippen molar-refractivity contribution in [1.82, 2.24) is 14.9 Å². The Morgan fingerprint density at radius 1 is 1.18 bits per heavy atom. The monoisotopic (exact) mass is 545 g/mol.